The van der Waals surface area contributed by atoms with Crippen molar-refractivity contribution in [3.8, 4) is 0 Å². The van der Waals surface area contributed by atoms with Crippen LogP contribution in [0.25, 0.3) is 0 Å². The van der Waals surface area contributed by atoms with Gasteiger partial charge in [0.2, 0.25) is 5.91 Å². The number of nitrogens with one attached hydrogen (secondary N) is 1. The molecule has 2 rings (SSSR count). The van der Waals surface area contributed by atoms with E-state index in [2.05, 4.69) is 0 Å². The third kappa shape index (κ3) is 3.24. The molecule has 1 aliphatic rings. The highest BCUT2D eigenvalue weighted by molar-refractivity contribution is 5.79. The SMILES string of the molecule is O=C(N[C@@H](c1ccc(F)cc1)C(F)(F)F)C1CCC1. The Bertz CT molecular complexity index is 451. The fourth-order valence-electron chi connectivity index (χ4n) is 1.94. The van der Waals surface area contributed by atoms with Crippen molar-refractivity contribution in [2.24, 2.45) is 5.92 Å². The summed E-state index contributed by atoms with van der Waals surface area (Å²) in [4.78, 5) is 11.6. The molecule has 0 bridgehead atoms. The Kier molecular flexibility index (Phi) is 3.78. The zero-order valence-corrected chi connectivity index (χ0v) is 10.0. The molecule has 1 aromatic carbocycles. The van der Waals surface area contributed by atoms with E-state index in [1.54, 1.807) is 0 Å². The molecule has 1 atom stereocenters. The van der Waals surface area contributed by atoms with Crippen molar-refractivity contribution >= 4 is 5.91 Å². The van der Waals surface area contributed by atoms with E-state index in [0.29, 0.717) is 12.8 Å². The zero-order valence-electron chi connectivity index (χ0n) is 10.0. The van der Waals surface area contributed by atoms with Crippen LogP contribution in [0.5, 0.6) is 0 Å². The van der Waals surface area contributed by atoms with Crippen LogP contribution in [0.2, 0.25) is 0 Å². The number of rotatable bonds is 3. The Hall–Kier alpha value is -1.59. The first-order valence-electron chi connectivity index (χ1n) is 6.00. The first-order chi connectivity index (χ1) is 8.88. The number of halogens is 4. The van der Waals surface area contributed by atoms with Gasteiger partial charge in [0.1, 0.15) is 5.82 Å². The summed E-state index contributed by atoms with van der Waals surface area (Å²) in [7, 11) is 0. The molecule has 0 unspecified atom stereocenters. The number of carbonyl (C=O) groups excluding carboxylic acids is 1. The lowest BCUT2D eigenvalue weighted by molar-refractivity contribution is -0.165. The van der Waals surface area contributed by atoms with Crippen LogP contribution in [-0.4, -0.2) is 12.1 Å². The quantitative estimate of drug-likeness (QED) is 0.842. The van der Waals surface area contributed by atoms with Crippen LogP contribution >= 0.6 is 0 Å². The molecule has 6 heteroatoms. The number of carbonyl (C=O) groups is 1. The number of alkyl halides is 3. The Morgan fingerprint density at radius 3 is 2.21 bits per heavy atom. The lowest BCUT2D eigenvalue weighted by Gasteiger charge is -2.28. The molecule has 0 aliphatic heterocycles. The highest BCUT2D eigenvalue weighted by Crippen LogP contribution is 2.34. The van der Waals surface area contributed by atoms with Gasteiger partial charge in [-0.25, -0.2) is 4.39 Å². The van der Waals surface area contributed by atoms with Crippen molar-refractivity contribution < 1.29 is 22.4 Å². The summed E-state index contributed by atoms with van der Waals surface area (Å²) in [5.41, 5.74) is -0.165. The number of hydrogen-bond acceptors (Lipinski definition) is 1. The minimum absolute atomic E-state index is 0.165. The zero-order chi connectivity index (χ0) is 14.0. The molecular weight excluding hydrogens is 262 g/mol. The Balaban J connectivity index is 2.16. The van der Waals surface area contributed by atoms with Gasteiger partial charge in [-0.15, -0.1) is 0 Å². The summed E-state index contributed by atoms with van der Waals surface area (Å²) in [6.07, 6.45) is -2.48. The summed E-state index contributed by atoms with van der Waals surface area (Å²) >= 11 is 0. The van der Waals surface area contributed by atoms with Gasteiger partial charge in [0.15, 0.2) is 6.04 Å². The van der Waals surface area contributed by atoms with Gasteiger partial charge in [-0.3, -0.25) is 4.79 Å². The van der Waals surface area contributed by atoms with E-state index in [1.807, 2.05) is 5.32 Å². The second-order valence-corrected chi connectivity index (χ2v) is 4.66. The van der Waals surface area contributed by atoms with Crippen LogP contribution < -0.4 is 5.32 Å². The van der Waals surface area contributed by atoms with Gasteiger partial charge in [0.05, 0.1) is 0 Å². The molecule has 19 heavy (non-hydrogen) atoms. The lowest BCUT2D eigenvalue weighted by Crippen LogP contribution is -2.42. The third-order valence-electron chi connectivity index (χ3n) is 3.29. The Labute approximate surface area is 107 Å². The van der Waals surface area contributed by atoms with Gasteiger partial charge in [-0.1, -0.05) is 18.6 Å². The van der Waals surface area contributed by atoms with Crippen LogP contribution in [-0.2, 0) is 4.79 Å². The van der Waals surface area contributed by atoms with Gasteiger partial charge in [0, 0.05) is 5.92 Å². The normalized spacial score (nSPS) is 17.7. The van der Waals surface area contributed by atoms with E-state index in [-0.39, 0.29) is 11.5 Å². The number of benzene rings is 1. The van der Waals surface area contributed by atoms with Gasteiger partial charge in [-0.2, -0.15) is 13.2 Å². The van der Waals surface area contributed by atoms with Crippen LogP contribution in [0, 0.1) is 11.7 Å². The summed E-state index contributed by atoms with van der Waals surface area (Å²) < 4.78 is 51.6. The summed E-state index contributed by atoms with van der Waals surface area (Å²) in [5, 5.41) is 2.01. The number of amides is 1. The van der Waals surface area contributed by atoms with Crippen LogP contribution in [0.3, 0.4) is 0 Å². The van der Waals surface area contributed by atoms with Crippen molar-refractivity contribution in [3.63, 3.8) is 0 Å². The first-order valence-corrected chi connectivity index (χ1v) is 6.00. The molecule has 0 saturated heterocycles. The van der Waals surface area contributed by atoms with Crippen molar-refractivity contribution in [1.82, 2.24) is 5.32 Å². The minimum atomic E-state index is -4.60. The average Bonchev–Trinajstić information content (AvgIpc) is 2.23. The van der Waals surface area contributed by atoms with E-state index in [9.17, 15) is 22.4 Å². The molecule has 1 saturated carbocycles. The van der Waals surface area contributed by atoms with E-state index in [4.69, 9.17) is 0 Å². The van der Waals surface area contributed by atoms with Crippen LogP contribution in [0.1, 0.15) is 30.9 Å². The van der Waals surface area contributed by atoms with Crippen molar-refractivity contribution in [2.75, 3.05) is 0 Å². The van der Waals surface area contributed by atoms with E-state index >= 15 is 0 Å². The predicted octanol–water partition coefficient (Wildman–Crippen LogP) is 3.35. The standard InChI is InChI=1S/C13H13F4NO/c14-10-6-4-8(5-7-10)11(13(15,16)17)18-12(19)9-2-1-3-9/h4-7,9,11H,1-3H2,(H,18,19)/t11-/m0/s1. The highest BCUT2D eigenvalue weighted by atomic mass is 19.4. The molecule has 1 N–H and O–H groups in total. The third-order valence-corrected chi connectivity index (χ3v) is 3.29. The van der Waals surface area contributed by atoms with Crippen LogP contribution in [0.4, 0.5) is 17.6 Å². The molecule has 0 heterocycles. The minimum Gasteiger partial charge on any atom is -0.341 e. The molecule has 104 valence electrons. The van der Waals surface area contributed by atoms with Crippen molar-refractivity contribution in [1.29, 1.82) is 0 Å². The molecule has 0 spiro atoms. The molecule has 1 fully saturated rings. The molecule has 0 aromatic heterocycles. The lowest BCUT2D eigenvalue weighted by atomic mass is 9.84. The maximum Gasteiger partial charge on any atom is 0.412 e. The molecular formula is C13H13F4NO. The van der Waals surface area contributed by atoms with E-state index in [0.717, 1.165) is 30.7 Å². The van der Waals surface area contributed by atoms with E-state index in [1.165, 1.54) is 0 Å². The van der Waals surface area contributed by atoms with Gasteiger partial charge in [0.25, 0.3) is 0 Å². The maximum atomic E-state index is 12.9. The molecule has 1 aromatic rings. The van der Waals surface area contributed by atoms with Crippen molar-refractivity contribution in [2.45, 2.75) is 31.5 Å². The summed E-state index contributed by atoms with van der Waals surface area (Å²) in [6, 6.07) is 1.89. The predicted molar refractivity (Wildman–Crippen MR) is 60.7 cm³/mol. The molecule has 1 aliphatic carbocycles. The monoisotopic (exact) mass is 275 g/mol. The highest BCUT2D eigenvalue weighted by Gasteiger charge is 2.43. The second kappa shape index (κ2) is 5.19. The molecule has 0 radical (unpaired) electrons. The molecule has 1 amide bonds. The Morgan fingerprint density at radius 1 is 1.21 bits per heavy atom. The average molecular weight is 275 g/mol. The van der Waals surface area contributed by atoms with Gasteiger partial charge < -0.3 is 5.32 Å². The first kappa shape index (κ1) is 13.8. The largest absolute Gasteiger partial charge is 0.412 e. The fraction of sp³-hybridized carbons (Fsp3) is 0.462. The maximum absolute atomic E-state index is 12.9. The Morgan fingerprint density at radius 2 is 1.79 bits per heavy atom. The fourth-order valence-corrected chi connectivity index (χ4v) is 1.94. The van der Waals surface area contributed by atoms with Crippen molar-refractivity contribution in [3.05, 3.63) is 35.6 Å². The smallest absolute Gasteiger partial charge is 0.341 e. The van der Waals surface area contributed by atoms with Gasteiger partial charge in [-0.05, 0) is 30.5 Å². The summed E-state index contributed by atoms with van der Waals surface area (Å²) in [6.45, 7) is 0. The van der Waals surface area contributed by atoms with Crippen LogP contribution in [0.15, 0.2) is 24.3 Å². The summed E-state index contributed by atoms with van der Waals surface area (Å²) in [5.74, 6) is -1.53. The number of hydrogen-bond donors (Lipinski definition) is 1. The molecule has 2 nitrogen and oxygen atoms in total. The topological polar surface area (TPSA) is 29.1 Å². The van der Waals surface area contributed by atoms with Gasteiger partial charge >= 0.3 is 6.18 Å². The second-order valence-electron chi connectivity index (χ2n) is 4.66. The van der Waals surface area contributed by atoms with E-state index < -0.39 is 23.9 Å².